The minimum atomic E-state index is 0.0623. The van der Waals surface area contributed by atoms with Crippen molar-refractivity contribution < 1.29 is 5.11 Å². The van der Waals surface area contributed by atoms with Crippen LogP contribution >= 0.6 is 11.3 Å². The van der Waals surface area contributed by atoms with Gasteiger partial charge in [0.05, 0.1) is 17.2 Å². The molecule has 4 heteroatoms. The van der Waals surface area contributed by atoms with Crippen molar-refractivity contribution in [3.05, 3.63) is 40.4 Å². The molecule has 1 aromatic carbocycles. The molecule has 0 atom stereocenters. The highest BCUT2D eigenvalue weighted by Gasteiger charge is 2.16. The number of nitrogens with zero attached hydrogens (tertiary/aromatic N) is 2. The Morgan fingerprint density at radius 3 is 2.63 bits per heavy atom. The molecule has 0 aliphatic heterocycles. The molecule has 19 heavy (non-hydrogen) atoms. The number of aliphatic hydroxyl groups is 1. The number of anilines is 2. The van der Waals surface area contributed by atoms with Crippen LogP contribution < -0.4 is 4.90 Å². The van der Waals surface area contributed by atoms with Gasteiger partial charge in [-0.1, -0.05) is 37.3 Å². The minimum Gasteiger partial charge on any atom is -0.391 e. The van der Waals surface area contributed by atoms with E-state index < -0.39 is 0 Å². The van der Waals surface area contributed by atoms with E-state index in [2.05, 4.69) is 48.9 Å². The van der Waals surface area contributed by atoms with Gasteiger partial charge in [-0.2, -0.15) is 0 Å². The van der Waals surface area contributed by atoms with E-state index in [0.717, 1.165) is 21.4 Å². The molecular formula is C15H20N2OS. The number of benzene rings is 1. The van der Waals surface area contributed by atoms with Gasteiger partial charge in [-0.15, -0.1) is 0 Å². The number of rotatable bonds is 4. The molecule has 0 amide bonds. The molecule has 0 aliphatic carbocycles. The molecule has 1 aromatic heterocycles. The Kier molecular flexibility index (Phi) is 4.22. The van der Waals surface area contributed by atoms with Crippen molar-refractivity contribution in [3.63, 3.8) is 0 Å². The van der Waals surface area contributed by atoms with Crippen LogP contribution in [0.1, 0.15) is 35.9 Å². The summed E-state index contributed by atoms with van der Waals surface area (Å²) in [5, 5.41) is 10.4. The predicted molar refractivity (Wildman–Crippen MR) is 81.4 cm³/mol. The lowest BCUT2D eigenvalue weighted by atomic mass is 10.1. The quantitative estimate of drug-likeness (QED) is 0.922. The van der Waals surface area contributed by atoms with Gasteiger partial charge in [0.25, 0.3) is 0 Å². The van der Waals surface area contributed by atoms with Crippen molar-refractivity contribution in [2.45, 2.75) is 33.3 Å². The van der Waals surface area contributed by atoms with E-state index in [0.29, 0.717) is 5.92 Å². The normalized spacial score (nSPS) is 11.1. The van der Waals surface area contributed by atoms with Crippen LogP contribution in [0.5, 0.6) is 0 Å². The Morgan fingerprint density at radius 2 is 2.11 bits per heavy atom. The maximum Gasteiger partial charge on any atom is 0.190 e. The summed E-state index contributed by atoms with van der Waals surface area (Å²) >= 11 is 1.56. The number of hydrogen-bond acceptors (Lipinski definition) is 4. The number of aliphatic hydroxyl groups excluding tert-OH is 1. The largest absolute Gasteiger partial charge is 0.391 e. The molecule has 0 radical (unpaired) electrons. The summed E-state index contributed by atoms with van der Waals surface area (Å²) in [6, 6.07) is 8.33. The second-order valence-electron chi connectivity index (χ2n) is 5.02. The van der Waals surface area contributed by atoms with Gasteiger partial charge in [0.1, 0.15) is 0 Å². The van der Waals surface area contributed by atoms with Gasteiger partial charge in [-0.05, 0) is 30.5 Å². The van der Waals surface area contributed by atoms with Crippen LogP contribution in [0.15, 0.2) is 24.3 Å². The molecule has 2 rings (SSSR count). The van der Waals surface area contributed by atoms with Crippen LogP contribution in [0.2, 0.25) is 0 Å². The number of aromatic nitrogens is 1. The highest BCUT2D eigenvalue weighted by Crippen LogP contribution is 2.33. The Morgan fingerprint density at radius 1 is 1.37 bits per heavy atom. The lowest BCUT2D eigenvalue weighted by Gasteiger charge is -2.16. The third kappa shape index (κ3) is 2.96. The van der Waals surface area contributed by atoms with E-state index in [1.807, 2.05) is 13.1 Å². The third-order valence-electron chi connectivity index (χ3n) is 3.08. The fourth-order valence-electron chi connectivity index (χ4n) is 2.01. The van der Waals surface area contributed by atoms with Crippen molar-refractivity contribution in [3.8, 4) is 0 Å². The molecular weight excluding hydrogens is 256 g/mol. The maximum atomic E-state index is 9.43. The molecule has 2 aromatic rings. The van der Waals surface area contributed by atoms with Crippen LogP contribution in [0.4, 0.5) is 10.8 Å². The summed E-state index contributed by atoms with van der Waals surface area (Å²) < 4.78 is 0. The molecule has 0 aliphatic rings. The Labute approximate surface area is 118 Å². The third-order valence-corrected chi connectivity index (χ3v) is 4.21. The molecule has 0 bridgehead atoms. The summed E-state index contributed by atoms with van der Waals surface area (Å²) in [5.74, 6) is 0.332. The monoisotopic (exact) mass is 276 g/mol. The first-order valence-corrected chi connectivity index (χ1v) is 7.25. The van der Waals surface area contributed by atoms with E-state index in [1.165, 1.54) is 5.56 Å². The van der Waals surface area contributed by atoms with Crippen LogP contribution in [0.3, 0.4) is 0 Å². The average molecular weight is 276 g/mol. The van der Waals surface area contributed by atoms with Gasteiger partial charge in [-0.3, -0.25) is 0 Å². The zero-order valence-corrected chi connectivity index (χ0v) is 12.7. The first-order valence-electron chi connectivity index (χ1n) is 6.43. The molecule has 102 valence electrons. The van der Waals surface area contributed by atoms with Gasteiger partial charge in [-0.25, -0.2) is 4.98 Å². The first kappa shape index (κ1) is 14.0. The zero-order valence-electron chi connectivity index (χ0n) is 11.8. The zero-order chi connectivity index (χ0) is 14.0. The molecule has 0 fully saturated rings. The Balaban J connectivity index is 2.36. The van der Waals surface area contributed by atoms with E-state index >= 15 is 0 Å². The van der Waals surface area contributed by atoms with Crippen LogP contribution in [0, 0.1) is 6.92 Å². The predicted octanol–water partition coefficient (Wildman–Crippen LogP) is 3.84. The molecule has 1 heterocycles. The Hall–Kier alpha value is -1.39. The number of thiazole rings is 1. The van der Waals surface area contributed by atoms with Crippen molar-refractivity contribution in [1.82, 2.24) is 4.98 Å². The minimum absolute atomic E-state index is 0.0623. The molecule has 0 saturated carbocycles. The molecule has 0 saturated heterocycles. The SMILES string of the molecule is Cc1cccc(N(C)c2nc(C(C)C)c(CO)s2)c1. The second kappa shape index (κ2) is 5.72. The molecule has 0 spiro atoms. The van der Waals surface area contributed by atoms with Crippen LogP contribution in [-0.2, 0) is 6.61 Å². The first-order chi connectivity index (χ1) is 9.02. The second-order valence-corrected chi connectivity index (χ2v) is 6.08. The fraction of sp³-hybridized carbons (Fsp3) is 0.400. The average Bonchev–Trinajstić information content (AvgIpc) is 2.82. The van der Waals surface area contributed by atoms with Crippen molar-refractivity contribution in [2.24, 2.45) is 0 Å². The topological polar surface area (TPSA) is 36.4 Å². The highest BCUT2D eigenvalue weighted by atomic mass is 32.1. The molecule has 1 N–H and O–H groups in total. The summed E-state index contributed by atoms with van der Waals surface area (Å²) in [7, 11) is 2.01. The standard InChI is InChI=1S/C15H20N2OS/c1-10(2)14-13(9-18)19-15(16-14)17(4)12-7-5-6-11(3)8-12/h5-8,10,18H,9H2,1-4H3. The van der Waals surface area contributed by atoms with Gasteiger partial charge in [0.15, 0.2) is 5.13 Å². The molecule has 3 nitrogen and oxygen atoms in total. The Bertz CT molecular complexity index is 563. The number of aryl methyl sites for hydroxylation is 1. The number of hydrogen-bond donors (Lipinski definition) is 1. The maximum absolute atomic E-state index is 9.43. The van der Waals surface area contributed by atoms with Gasteiger partial charge < -0.3 is 10.0 Å². The smallest absolute Gasteiger partial charge is 0.190 e. The van der Waals surface area contributed by atoms with Gasteiger partial charge in [0.2, 0.25) is 0 Å². The van der Waals surface area contributed by atoms with Gasteiger partial charge in [0, 0.05) is 12.7 Å². The van der Waals surface area contributed by atoms with E-state index in [1.54, 1.807) is 11.3 Å². The van der Waals surface area contributed by atoms with Crippen LogP contribution in [-0.4, -0.2) is 17.1 Å². The summed E-state index contributed by atoms with van der Waals surface area (Å²) in [6.07, 6.45) is 0. The lowest BCUT2D eigenvalue weighted by molar-refractivity contribution is 0.283. The van der Waals surface area contributed by atoms with Crippen molar-refractivity contribution in [1.29, 1.82) is 0 Å². The van der Waals surface area contributed by atoms with E-state index in [4.69, 9.17) is 0 Å². The van der Waals surface area contributed by atoms with E-state index in [9.17, 15) is 5.11 Å². The summed E-state index contributed by atoms with van der Waals surface area (Å²) in [4.78, 5) is 7.71. The molecule has 0 unspecified atom stereocenters. The van der Waals surface area contributed by atoms with E-state index in [-0.39, 0.29) is 6.61 Å². The van der Waals surface area contributed by atoms with Gasteiger partial charge >= 0.3 is 0 Å². The highest BCUT2D eigenvalue weighted by molar-refractivity contribution is 7.15. The van der Waals surface area contributed by atoms with Crippen molar-refractivity contribution >= 4 is 22.2 Å². The van der Waals surface area contributed by atoms with Crippen molar-refractivity contribution in [2.75, 3.05) is 11.9 Å². The lowest BCUT2D eigenvalue weighted by Crippen LogP contribution is -2.09. The summed E-state index contributed by atoms with van der Waals surface area (Å²) in [5.41, 5.74) is 3.35. The fourth-order valence-corrected chi connectivity index (χ4v) is 3.06. The summed E-state index contributed by atoms with van der Waals surface area (Å²) in [6.45, 7) is 6.35. The van der Waals surface area contributed by atoms with Crippen LogP contribution in [0.25, 0.3) is 0 Å².